The average Bonchev–Trinajstić information content (AvgIpc) is 2.82. The number of nitrogens with one attached hydrogen (secondary N) is 2. The molecule has 1 aromatic carbocycles. The van der Waals surface area contributed by atoms with E-state index in [0.717, 1.165) is 25.8 Å². The van der Waals surface area contributed by atoms with E-state index >= 15 is 0 Å². The van der Waals surface area contributed by atoms with Crippen molar-refractivity contribution in [3.63, 3.8) is 0 Å². The van der Waals surface area contributed by atoms with Crippen LogP contribution in [0.15, 0.2) is 29.2 Å². The number of para-hydroxylation sites is 1. The van der Waals surface area contributed by atoms with E-state index in [0.29, 0.717) is 22.5 Å². The monoisotopic (exact) mass is 283 g/mol. The molecule has 19 heavy (non-hydrogen) atoms. The molecule has 1 aromatic rings. The third kappa shape index (κ3) is 3.46. The molecule has 1 saturated carbocycles. The van der Waals surface area contributed by atoms with Gasteiger partial charge in [-0.05, 0) is 44.4 Å². The lowest BCUT2D eigenvalue weighted by atomic mass is 10.1. The van der Waals surface area contributed by atoms with E-state index in [1.807, 2.05) is 6.07 Å². The minimum absolute atomic E-state index is 0.291. The van der Waals surface area contributed by atoms with Gasteiger partial charge in [0.05, 0.1) is 5.69 Å². The van der Waals surface area contributed by atoms with Crippen LogP contribution in [0.2, 0.25) is 0 Å². The fraction of sp³-hybridized carbons (Fsp3) is 0.538. The number of hydrogen-bond acceptors (Lipinski definition) is 4. The summed E-state index contributed by atoms with van der Waals surface area (Å²) in [5.74, 6) is 0.528. The van der Waals surface area contributed by atoms with E-state index in [2.05, 4.69) is 10.0 Å². The standard InChI is InChI=1S/C13H21N3O2S/c1-15-19(17,18)13-5-3-2-4-12(13)16-9-10-6-7-11(14)8-10/h2-5,10-11,15-16H,6-9,14H2,1H3. The number of nitrogens with two attached hydrogens (primary N) is 1. The molecule has 2 atom stereocenters. The van der Waals surface area contributed by atoms with Crippen molar-refractivity contribution in [2.75, 3.05) is 18.9 Å². The topological polar surface area (TPSA) is 84.2 Å². The first-order chi connectivity index (χ1) is 9.03. The van der Waals surface area contributed by atoms with Crippen LogP contribution in [0.1, 0.15) is 19.3 Å². The van der Waals surface area contributed by atoms with Crippen LogP contribution in [-0.2, 0) is 10.0 Å². The maximum Gasteiger partial charge on any atom is 0.242 e. The molecule has 0 radical (unpaired) electrons. The third-order valence-electron chi connectivity index (χ3n) is 3.61. The van der Waals surface area contributed by atoms with E-state index in [4.69, 9.17) is 5.73 Å². The Kier molecular flexibility index (Phi) is 4.44. The lowest BCUT2D eigenvalue weighted by molar-refractivity contribution is 0.564. The zero-order chi connectivity index (χ0) is 13.9. The summed E-state index contributed by atoms with van der Waals surface area (Å²) >= 11 is 0. The number of rotatable bonds is 5. The van der Waals surface area contributed by atoms with E-state index in [-0.39, 0.29) is 0 Å². The molecule has 0 heterocycles. The Labute approximate surface area is 114 Å². The summed E-state index contributed by atoms with van der Waals surface area (Å²) in [4.78, 5) is 0.291. The van der Waals surface area contributed by atoms with E-state index < -0.39 is 10.0 Å². The fourth-order valence-corrected chi connectivity index (χ4v) is 3.42. The summed E-state index contributed by atoms with van der Waals surface area (Å²) < 4.78 is 26.1. The Bertz CT molecular complexity index is 530. The first kappa shape index (κ1) is 14.3. The SMILES string of the molecule is CNS(=O)(=O)c1ccccc1NCC1CCC(N)C1. The highest BCUT2D eigenvalue weighted by Crippen LogP contribution is 2.26. The molecule has 106 valence electrons. The molecular weight excluding hydrogens is 262 g/mol. The summed E-state index contributed by atoms with van der Waals surface area (Å²) in [6.07, 6.45) is 3.17. The van der Waals surface area contributed by atoms with Gasteiger partial charge in [-0.1, -0.05) is 12.1 Å². The Morgan fingerprint density at radius 2 is 2.05 bits per heavy atom. The van der Waals surface area contributed by atoms with Crippen molar-refractivity contribution in [3.05, 3.63) is 24.3 Å². The largest absolute Gasteiger partial charge is 0.384 e. The Morgan fingerprint density at radius 1 is 1.32 bits per heavy atom. The highest BCUT2D eigenvalue weighted by molar-refractivity contribution is 7.89. The van der Waals surface area contributed by atoms with Crippen molar-refractivity contribution in [2.24, 2.45) is 11.7 Å². The van der Waals surface area contributed by atoms with Gasteiger partial charge in [0.2, 0.25) is 10.0 Å². The van der Waals surface area contributed by atoms with Crippen LogP contribution in [0.25, 0.3) is 0 Å². The first-order valence-corrected chi connectivity index (χ1v) is 8.03. The number of hydrogen-bond donors (Lipinski definition) is 3. The molecule has 0 bridgehead atoms. The van der Waals surface area contributed by atoms with Crippen LogP contribution in [0.3, 0.4) is 0 Å². The Balaban J connectivity index is 2.08. The van der Waals surface area contributed by atoms with Crippen molar-refractivity contribution in [2.45, 2.75) is 30.2 Å². The first-order valence-electron chi connectivity index (χ1n) is 6.55. The molecule has 0 aromatic heterocycles. The molecule has 5 nitrogen and oxygen atoms in total. The molecule has 1 aliphatic rings. The molecule has 0 amide bonds. The summed E-state index contributed by atoms with van der Waals surface area (Å²) in [5, 5.41) is 3.24. The van der Waals surface area contributed by atoms with Crippen molar-refractivity contribution in [1.29, 1.82) is 0 Å². The second kappa shape index (κ2) is 5.90. The zero-order valence-electron chi connectivity index (χ0n) is 11.1. The highest BCUT2D eigenvalue weighted by Gasteiger charge is 2.22. The van der Waals surface area contributed by atoms with Gasteiger partial charge < -0.3 is 11.1 Å². The Hall–Kier alpha value is -1.11. The minimum atomic E-state index is -3.42. The summed E-state index contributed by atoms with van der Waals surface area (Å²) in [6.45, 7) is 0.768. The van der Waals surface area contributed by atoms with Gasteiger partial charge in [0.1, 0.15) is 4.90 Å². The van der Waals surface area contributed by atoms with Crippen LogP contribution in [0.5, 0.6) is 0 Å². The minimum Gasteiger partial charge on any atom is -0.384 e. The van der Waals surface area contributed by atoms with Gasteiger partial charge in [0, 0.05) is 12.6 Å². The van der Waals surface area contributed by atoms with Gasteiger partial charge in [0.25, 0.3) is 0 Å². The van der Waals surface area contributed by atoms with Crippen LogP contribution in [0, 0.1) is 5.92 Å². The van der Waals surface area contributed by atoms with Crippen LogP contribution < -0.4 is 15.8 Å². The molecule has 1 fully saturated rings. The van der Waals surface area contributed by atoms with Crippen LogP contribution in [0.4, 0.5) is 5.69 Å². The lowest BCUT2D eigenvalue weighted by Crippen LogP contribution is -2.22. The molecule has 0 saturated heterocycles. The van der Waals surface area contributed by atoms with Gasteiger partial charge in [-0.3, -0.25) is 0 Å². The smallest absolute Gasteiger partial charge is 0.242 e. The summed E-state index contributed by atoms with van der Waals surface area (Å²) in [6, 6.07) is 7.24. The van der Waals surface area contributed by atoms with Gasteiger partial charge in [-0.25, -0.2) is 13.1 Å². The second-order valence-electron chi connectivity index (χ2n) is 5.02. The number of sulfonamides is 1. The predicted octanol–water partition coefficient (Wildman–Crippen LogP) is 1.13. The van der Waals surface area contributed by atoms with E-state index in [9.17, 15) is 8.42 Å². The zero-order valence-corrected chi connectivity index (χ0v) is 11.9. The fourth-order valence-electron chi connectivity index (χ4n) is 2.51. The number of anilines is 1. The van der Waals surface area contributed by atoms with Crippen LogP contribution in [-0.4, -0.2) is 28.1 Å². The van der Waals surface area contributed by atoms with E-state index in [1.165, 1.54) is 7.05 Å². The maximum absolute atomic E-state index is 11.9. The molecule has 2 rings (SSSR count). The highest BCUT2D eigenvalue weighted by atomic mass is 32.2. The predicted molar refractivity (Wildman–Crippen MR) is 76.5 cm³/mol. The molecule has 2 unspecified atom stereocenters. The molecule has 6 heteroatoms. The van der Waals surface area contributed by atoms with Gasteiger partial charge in [-0.2, -0.15) is 0 Å². The quantitative estimate of drug-likeness (QED) is 0.756. The van der Waals surface area contributed by atoms with Crippen molar-refractivity contribution >= 4 is 15.7 Å². The summed E-state index contributed by atoms with van der Waals surface area (Å²) in [7, 11) is -2.00. The molecule has 0 aliphatic heterocycles. The molecule has 0 spiro atoms. The van der Waals surface area contributed by atoms with Crippen molar-refractivity contribution in [3.8, 4) is 0 Å². The molecular formula is C13H21N3O2S. The van der Waals surface area contributed by atoms with E-state index in [1.54, 1.807) is 18.2 Å². The van der Waals surface area contributed by atoms with Gasteiger partial charge in [-0.15, -0.1) is 0 Å². The van der Waals surface area contributed by atoms with Crippen molar-refractivity contribution < 1.29 is 8.42 Å². The Morgan fingerprint density at radius 3 is 2.68 bits per heavy atom. The van der Waals surface area contributed by atoms with Crippen LogP contribution >= 0.6 is 0 Å². The second-order valence-corrected chi connectivity index (χ2v) is 6.88. The maximum atomic E-state index is 11.9. The molecule has 4 N–H and O–H groups in total. The summed E-state index contributed by atoms with van der Waals surface area (Å²) in [5.41, 5.74) is 6.53. The number of benzene rings is 1. The average molecular weight is 283 g/mol. The molecule has 1 aliphatic carbocycles. The normalized spacial score (nSPS) is 23.5. The van der Waals surface area contributed by atoms with Gasteiger partial charge in [0.15, 0.2) is 0 Å². The lowest BCUT2D eigenvalue weighted by Gasteiger charge is -2.15. The third-order valence-corrected chi connectivity index (χ3v) is 5.08. The van der Waals surface area contributed by atoms with Crippen molar-refractivity contribution in [1.82, 2.24) is 4.72 Å². The van der Waals surface area contributed by atoms with Gasteiger partial charge >= 0.3 is 0 Å².